The molecule has 0 spiro atoms. The third kappa shape index (κ3) is 0.836. The number of hydrogen-bond acceptors (Lipinski definition) is 2. The molecule has 0 aromatic rings. The summed E-state index contributed by atoms with van der Waals surface area (Å²) in [7, 11) is 0. The van der Waals surface area contributed by atoms with Crippen molar-refractivity contribution in [3.63, 3.8) is 0 Å². The zero-order chi connectivity index (χ0) is 7.30. The second kappa shape index (κ2) is 2.26. The van der Waals surface area contributed by atoms with Gasteiger partial charge in [0.2, 0.25) is 0 Å². The lowest BCUT2D eigenvalue weighted by Crippen LogP contribution is -2.10. The Hall–Kier alpha value is -0.990. The van der Waals surface area contributed by atoms with Crippen molar-refractivity contribution in [2.24, 2.45) is 0 Å². The van der Waals surface area contributed by atoms with Gasteiger partial charge in [-0.1, -0.05) is 13.5 Å². The van der Waals surface area contributed by atoms with Gasteiger partial charge in [-0.25, -0.2) is 4.79 Å². The Morgan fingerprint density at radius 1 is 1.64 bits per heavy atom. The Morgan fingerprint density at radius 2 is 2.27 bits per heavy atom. The predicted molar refractivity (Wildman–Crippen MR) is 42.1 cm³/mol. The van der Waals surface area contributed by atoms with E-state index in [2.05, 4.69) is 0 Å². The lowest BCUT2D eigenvalue weighted by molar-refractivity contribution is 0.134. The fourth-order valence-electron chi connectivity index (χ4n) is 1.49. The first kappa shape index (κ1) is 8.11. The van der Waals surface area contributed by atoms with E-state index < -0.39 is 0 Å². The summed E-state index contributed by atoms with van der Waals surface area (Å²) in [5.41, 5.74) is 1.11. The second-order valence-corrected chi connectivity index (χ2v) is 2.62. The van der Waals surface area contributed by atoms with Crippen molar-refractivity contribution in [1.82, 2.24) is 4.90 Å². The maximum Gasteiger partial charge on any atom is 0.415 e. The highest BCUT2D eigenvalue weighted by molar-refractivity contribution is 5.80. The van der Waals surface area contributed by atoms with Crippen LogP contribution in [0.25, 0.3) is 0 Å². The molecule has 0 N–H and O–H groups in total. The summed E-state index contributed by atoms with van der Waals surface area (Å²) in [5, 5.41) is 0. The molecular formula is C8H13NO2. The highest BCUT2D eigenvalue weighted by Gasteiger charge is 2.56. The SMILES string of the molecule is C.C/C=C1\C2[C@H](C)OC(=O)N12. The first-order valence-electron chi connectivity index (χ1n) is 3.41. The minimum Gasteiger partial charge on any atom is -0.443 e. The summed E-state index contributed by atoms with van der Waals surface area (Å²) in [6.07, 6.45) is 1.82. The van der Waals surface area contributed by atoms with Gasteiger partial charge in [-0.15, -0.1) is 0 Å². The molecule has 2 fully saturated rings. The van der Waals surface area contributed by atoms with Gasteiger partial charge >= 0.3 is 6.09 Å². The van der Waals surface area contributed by atoms with Gasteiger partial charge in [0.1, 0.15) is 12.1 Å². The quantitative estimate of drug-likeness (QED) is 0.499. The third-order valence-electron chi connectivity index (χ3n) is 2.02. The van der Waals surface area contributed by atoms with Gasteiger partial charge in [0.25, 0.3) is 0 Å². The molecule has 3 heteroatoms. The Labute approximate surface area is 66.6 Å². The number of carbonyl (C=O) groups is 1. The molecule has 0 saturated carbocycles. The molecule has 1 amide bonds. The first-order valence-corrected chi connectivity index (χ1v) is 3.41. The summed E-state index contributed by atoms with van der Waals surface area (Å²) >= 11 is 0. The van der Waals surface area contributed by atoms with Crippen LogP contribution in [0, 0.1) is 0 Å². The van der Waals surface area contributed by atoms with E-state index in [4.69, 9.17) is 4.74 Å². The number of amides is 1. The van der Waals surface area contributed by atoms with E-state index in [1.807, 2.05) is 19.9 Å². The lowest BCUT2D eigenvalue weighted by Gasteiger charge is -2.01. The second-order valence-electron chi connectivity index (χ2n) is 2.62. The van der Waals surface area contributed by atoms with E-state index in [1.165, 1.54) is 0 Å². The third-order valence-corrected chi connectivity index (χ3v) is 2.02. The molecule has 3 nitrogen and oxygen atoms in total. The standard InChI is InChI=1S/C7H9NO2.CH4/c1-3-5-6-4(2)10-7(9)8(5)6;/h3-4,6H,1-2H3;1H4/b5-3+;/t4-,6?,8?;/m0./s1. The summed E-state index contributed by atoms with van der Waals surface area (Å²) in [5.74, 6) is 0. The summed E-state index contributed by atoms with van der Waals surface area (Å²) < 4.78 is 4.90. The van der Waals surface area contributed by atoms with Crippen molar-refractivity contribution in [3.05, 3.63) is 11.8 Å². The molecule has 62 valence electrons. The molecule has 1 unspecified atom stereocenters. The molecule has 0 aromatic heterocycles. The van der Waals surface area contributed by atoms with E-state index in [9.17, 15) is 4.79 Å². The molecule has 0 aromatic carbocycles. The molecule has 0 radical (unpaired) electrons. The van der Waals surface area contributed by atoms with Gasteiger partial charge in [-0.2, -0.15) is 0 Å². The van der Waals surface area contributed by atoms with Crippen LogP contribution in [0.4, 0.5) is 4.79 Å². The normalized spacial score (nSPS) is 36.4. The van der Waals surface area contributed by atoms with Gasteiger partial charge in [-0.3, -0.25) is 4.90 Å². The zero-order valence-electron chi connectivity index (χ0n) is 6.00. The molecule has 2 rings (SSSR count). The monoisotopic (exact) mass is 155 g/mol. The van der Waals surface area contributed by atoms with Gasteiger partial charge in [-0.05, 0) is 13.8 Å². The molecule has 2 aliphatic rings. The molecule has 0 aliphatic carbocycles. The van der Waals surface area contributed by atoms with E-state index in [0.29, 0.717) is 0 Å². The average molecular weight is 155 g/mol. The van der Waals surface area contributed by atoms with E-state index in [-0.39, 0.29) is 25.7 Å². The first-order chi connectivity index (χ1) is 4.75. The van der Waals surface area contributed by atoms with Crippen LogP contribution in [0.15, 0.2) is 11.8 Å². The maximum atomic E-state index is 10.9. The number of allylic oxidation sites excluding steroid dienone is 1. The van der Waals surface area contributed by atoms with E-state index in [0.717, 1.165) is 5.70 Å². The highest BCUT2D eigenvalue weighted by Crippen LogP contribution is 2.42. The highest BCUT2D eigenvalue weighted by atomic mass is 16.6. The van der Waals surface area contributed by atoms with Crippen LogP contribution in [0.2, 0.25) is 0 Å². The van der Waals surface area contributed by atoms with Crippen molar-refractivity contribution >= 4 is 6.09 Å². The largest absolute Gasteiger partial charge is 0.443 e. The van der Waals surface area contributed by atoms with Gasteiger partial charge in [0, 0.05) is 5.70 Å². The van der Waals surface area contributed by atoms with Crippen LogP contribution in [0.3, 0.4) is 0 Å². The Balaban J connectivity index is 0.000000605. The van der Waals surface area contributed by atoms with Crippen molar-refractivity contribution in [2.45, 2.75) is 33.4 Å². The number of rotatable bonds is 0. The van der Waals surface area contributed by atoms with Gasteiger partial charge in [0.05, 0.1) is 0 Å². The van der Waals surface area contributed by atoms with Crippen LogP contribution in [0.1, 0.15) is 21.3 Å². The van der Waals surface area contributed by atoms with Crippen molar-refractivity contribution in [3.8, 4) is 0 Å². The smallest absolute Gasteiger partial charge is 0.415 e. The number of cyclic esters (lactones) is 1. The predicted octanol–water partition coefficient (Wildman–Crippen LogP) is 1.75. The number of fused-ring (bicyclic) bond motifs is 1. The molecule has 2 aliphatic heterocycles. The zero-order valence-corrected chi connectivity index (χ0v) is 6.00. The minimum absolute atomic E-state index is 0. The Bertz CT molecular complexity index is 222. The summed E-state index contributed by atoms with van der Waals surface area (Å²) in [6.45, 7) is 3.85. The number of ether oxygens (including phenoxy) is 1. The fourth-order valence-corrected chi connectivity index (χ4v) is 1.49. The molecule has 0 bridgehead atoms. The number of nitrogens with zero attached hydrogens (tertiary/aromatic N) is 1. The molecular weight excluding hydrogens is 142 g/mol. The molecule has 11 heavy (non-hydrogen) atoms. The van der Waals surface area contributed by atoms with E-state index in [1.54, 1.807) is 4.90 Å². The van der Waals surface area contributed by atoms with Crippen LogP contribution < -0.4 is 0 Å². The van der Waals surface area contributed by atoms with Crippen molar-refractivity contribution < 1.29 is 9.53 Å². The molecule has 2 saturated heterocycles. The van der Waals surface area contributed by atoms with Crippen LogP contribution >= 0.6 is 0 Å². The summed E-state index contributed by atoms with van der Waals surface area (Å²) in [4.78, 5) is 12.5. The van der Waals surface area contributed by atoms with Crippen molar-refractivity contribution in [1.29, 1.82) is 0 Å². The van der Waals surface area contributed by atoms with Gasteiger partial charge < -0.3 is 4.74 Å². The summed E-state index contributed by atoms with van der Waals surface area (Å²) in [6, 6.07) is 0.262. The number of hydrogen-bond donors (Lipinski definition) is 0. The Kier molecular flexibility index (Phi) is 1.66. The maximum absolute atomic E-state index is 10.9. The number of carbonyl (C=O) groups excluding carboxylic acids is 1. The molecule has 2 heterocycles. The Morgan fingerprint density at radius 3 is 2.55 bits per heavy atom. The van der Waals surface area contributed by atoms with Gasteiger partial charge in [0.15, 0.2) is 0 Å². The topological polar surface area (TPSA) is 29.3 Å². The average Bonchev–Trinajstić information content (AvgIpc) is 2.53. The molecule has 2 atom stereocenters. The van der Waals surface area contributed by atoms with Crippen LogP contribution in [-0.4, -0.2) is 23.1 Å². The van der Waals surface area contributed by atoms with E-state index >= 15 is 0 Å². The van der Waals surface area contributed by atoms with Crippen molar-refractivity contribution in [2.75, 3.05) is 0 Å². The van der Waals surface area contributed by atoms with Crippen LogP contribution in [-0.2, 0) is 4.74 Å². The minimum atomic E-state index is -0.189. The fraction of sp³-hybridized carbons (Fsp3) is 0.625. The lowest BCUT2D eigenvalue weighted by atomic mass is 10.3. The van der Waals surface area contributed by atoms with Crippen LogP contribution in [0.5, 0.6) is 0 Å².